The van der Waals surface area contributed by atoms with E-state index in [0.29, 0.717) is 37.0 Å². The largest absolute Gasteiger partial charge is 0.505 e. The number of carbonyl (C=O) groups is 2. The molecule has 0 aromatic heterocycles. The lowest BCUT2D eigenvalue weighted by atomic mass is 10.1. The highest BCUT2D eigenvalue weighted by molar-refractivity contribution is 6.60. The van der Waals surface area contributed by atoms with E-state index in [-0.39, 0.29) is 11.8 Å². The number of rotatable bonds is 8. The standard InChI is InChI=1S/C15H21NO5Si/c1-4-19-22(20-5-2,21-6-3)10-11-7-8-12-13(9-11)15(18)16-14(12)17/h7-9H,4-6,10H2,1-3H3,(H,16,17,18). The van der Waals surface area contributed by atoms with E-state index < -0.39 is 8.80 Å². The monoisotopic (exact) mass is 323 g/mol. The molecule has 0 saturated heterocycles. The smallest absolute Gasteiger partial charge is 0.374 e. The van der Waals surface area contributed by atoms with Gasteiger partial charge in [0.25, 0.3) is 11.8 Å². The van der Waals surface area contributed by atoms with Crippen molar-refractivity contribution in [3.05, 3.63) is 34.9 Å². The van der Waals surface area contributed by atoms with E-state index in [0.717, 1.165) is 5.56 Å². The molecule has 2 amide bonds. The Morgan fingerprint density at radius 2 is 1.45 bits per heavy atom. The third-order valence-electron chi connectivity index (χ3n) is 3.31. The fraction of sp³-hybridized carbons (Fsp3) is 0.467. The zero-order chi connectivity index (χ0) is 16.2. The zero-order valence-corrected chi connectivity index (χ0v) is 14.1. The summed E-state index contributed by atoms with van der Waals surface area (Å²) >= 11 is 0. The van der Waals surface area contributed by atoms with Crippen molar-refractivity contribution in [1.82, 2.24) is 5.32 Å². The maximum atomic E-state index is 11.8. The van der Waals surface area contributed by atoms with Gasteiger partial charge in [0.2, 0.25) is 0 Å². The summed E-state index contributed by atoms with van der Waals surface area (Å²) in [6.07, 6.45) is 0. The number of nitrogens with one attached hydrogen (secondary N) is 1. The number of carbonyl (C=O) groups excluding carboxylic acids is 2. The summed E-state index contributed by atoms with van der Waals surface area (Å²) in [5, 5.41) is 2.29. The summed E-state index contributed by atoms with van der Waals surface area (Å²) in [6, 6.07) is 5.66. The summed E-state index contributed by atoms with van der Waals surface area (Å²) in [5.41, 5.74) is 1.67. The average molecular weight is 323 g/mol. The van der Waals surface area contributed by atoms with Crippen LogP contribution in [0.15, 0.2) is 18.2 Å². The van der Waals surface area contributed by atoms with Gasteiger partial charge in [-0.25, -0.2) is 0 Å². The van der Waals surface area contributed by atoms with E-state index in [1.807, 2.05) is 26.8 Å². The van der Waals surface area contributed by atoms with Gasteiger partial charge in [-0.1, -0.05) is 6.07 Å². The summed E-state index contributed by atoms with van der Waals surface area (Å²) in [6.45, 7) is 7.18. The highest BCUT2D eigenvalue weighted by atomic mass is 28.4. The van der Waals surface area contributed by atoms with E-state index in [2.05, 4.69) is 5.32 Å². The Bertz CT molecular complexity index is 558. The Kier molecular flexibility index (Phi) is 5.46. The molecule has 1 aliphatic rings. The zero-order valence-electron chi connectivity index (χ0n) is 13.1. The van der Waals surface area contributed by atoms with Gasteiger partial charge < -0.3 is 13.3 Å². The van der Waals surface area contributed by atoms with Gasteiger partial charge in [0.15, 0.2) is 0 Å². The van der Waals surface area contributed by atoms with E-state index in [1.54, 1.807) is 12.1 Å². The first-order chi connectivity index (χ1) is 10.5. The minimum absolute atomic E-state index is 0.352. The van der Waals surface area contributed by atoms with Crippen LogP contribution in [0.2, 0.25) is 0 Å². The van der Waals surface area contributed by atoms with Crippen LogP contribution < -0.4 is 5.32 Å². The van der Waals surface area contributed by atoms with Crippen LogP contribution in [0, 0.1) is 0 Å². The van der Waals surface area contributed by atoms with Gasteiger partial charge in [0, 0.05) is 25.9 Å². The molecule has 120 valence electrons. The van der Waals surface area contributed by atoms with Crippen molar-refractivity contribution in [2.24, 2.45) is 0 Å². The molecule has 0 aliphatic carbocycles. The number of amides is 2. The Hall–Kier alpha value is -1.54. The molecule has 1 heterocycles. The maximum absolute atomic E-state index is 11.8. The van der Waals surface area contributed by atoms with Gasteiger partial charge in [0.1, 0.15) is 0 Å². The van der Waals surface area contributed by atoms with Crippen LogP contribution in [0.4, 0.5) is 0 Å². The van der Waals surface area contributed by atoms with Crippen LogP contribution in [0.5, 0.6) is 0 Å². The first-order valence-corrected chi connectivity index (χ1v) is 9.38. The van der Waals surface area contributed by atoms with E-state index in [1.165, 1.54) is 0 Å². The lowest BCUT2D eigenvalue weighted by molar-refractivity contribution is 0.0703. The Morgan fingerprint density at radius 3 is 2.00 bits per heavy atom. The van der Waals surface area contributed by atoms with Crippen LogP contribution in [0.25, 0.3) is 0 Å². The van der Waals surface area contributed by atoms with Gasteiger partial charge in [-0.3, -0.25) is 14.9 Å². The Morgan fingerprint density at radius 1 is 0.909 bits per heavy atom. The minimum Gasteiger partial charge on any atom is -0.374 e. The van der Waals surface area contributed by atoms with Crippen molar-refractivity contribution in [1.29, 1.82) is 0 Å². The number of imide groups is 1. The van der Waals surface area contributed by atoms with Crippen molar-refractivity contribution in [3.63, 3.8) is 0 Å². The summed E-state index contributed by atoms with van der Waals surface area (Å²) in [7, 11) is -2.82. The van der Waals surface area contributed by atoms with Gasteiger partial charge in [-0.2, -0.15) is 0 Å². The second-order valence-corrected chi connectivity index (χ2v) is 7.41. The number of benzene rings is 1. The molecule has 1 aromatic rings. The molecule has 7 heteroatoms. The molecule has 1 aromatic carbocycles. The van der Waals surface area contributed by atoms with E-state index in [9.17, 15) is 9.59 Å². The molecule has 0 atom stereocenters. The molecule has 0 unspecified atom stereocenters. The van der Waals surface area contributed by atoms with E-state index >= 15 is 0 Å². The van der Waals surface area contributed by atoms with Crippen molar-refractivity contribution >= 4 is 20.6 Å². The molecular weight excluding hydrogens is 302 g/mol. The molecular formula is C15H21NO5Si. The Labute approximate surface area is 131 Å². The molecule has 1 N–H and O–H groups in total. The second kappa shape index (κ2) is 7.15. The molecule has 0 bridgehead atoms. The quantitative estimate of drug-likeness (QED) is 0.582. The maximum Gasteiger partial charge on any atom is 0.505 e. The summed E-state index contributed by atoms with van der Waals surface area (Å²) in [5.74, 6) is -0.715. The molecule has 1 aliphatic heterocycles. The second-order valence-electron chi connectivity index (χ2n) is 4.82. The third-order valence-corrected chi connectivity index (χ3v) is 6.34. The predicted octanol–water partition coefficient (Wildman–Crippen LogP) is 1.70. The van der Waals surface area contributed by atoms with Gasteiger partial charge >= 0.3 is 8.80 Å². The predicted molar refractivity (Wildman–Crippen MR) is 82.6 cm³/mol. The van der Waals surface area contributed by atoms with Crippen molar-refractivity contribution in [3.8, 4) is 0 Å². The van der Waals surface area contributed by atoms with Gasteiger partial charge in [0.05, 0.1) is 11.1 Å². The molecule has 0 fully saturated rings. The van der Waals surface area contributed by atoms with Crippen molar-refractivity contribution in [2.45, 2.75) is 26.8 Å². The van der Waals surface area contributed by atoms with Crippen molar-refractivity contribution < 1.29 is 22.9 Å². The SMILES string of the molecule is CCO[Si](Cc1ccc2c(c1)C(=O)NC2=O)(OCC)OCC. The first kappa shape index (κ1) is 16.8. The lowest BCUT2D eigenvalue weighted by Gasteiger charge is -2.28. The molecule has 22 heavy (non-hydrogen) atoms. The molecule has 0 radical (unpaired) electrons. The number of hydrogen-bond acceptors (Lipinski definition) is 5. The minimum atomic E-state index is -2.82. The highest BCUT2D eigenvalue weighted by Gasteiger charge is 2.41. The van der Waals surface area contributed by atoms with Crippen LogP contribution in [0.3, 0.4) is 0 Å². The Balaban J connectivity index is 2.28. The van der Waals surface area contributed by atoms with Crippen molar-refractivity contribution in [2.75, 3.05) is 19.8 Å². The van der Waals surface area contributed by atoms with Gasteiger partial charge in [-0.05, 0) is 38.5 Å². The summed E-state index contributed by atoms with van der Waals surface area (Å²) in [4.78, 5) is 23.3. The fourth-order valence-electron chi connectivity index (χ4n) is 2.51. The fourth-order valence-corrected chi connectivity index (χ4v) is 5.11. The van der Waals surface area contributed by atoms with Crippen LogP contribution >= 0.6 is 0 Å². The topological polar surface area (TPSA) is 73.9 Å². The van der Waals surface area contributed by atoms with E-state index in [4.69, 9.17) is 13.3 Å². The molecule has 2 rings (SSSR count). The summed E-state index contributed by atoms with van der Waals surface area (Å²) < 4.78 is 17.4. The highest BCUT2D eigenvalue weighted by Crippen LogP contribution is 2.22. The van der Waals surface area contributed by atoms with Gasteiger partial charge in [-0.15, -0.1) is 0 Å². The molecule has 6 nitrogen and oxygen atoms in total. The molecule has 0 saturated carbocycles. The van der Waals surface area contributed by atoms with Crippen LogP contribution in [-0.2, 0) is 19.3 Å². The number of fused-ring (bicyclic) bond motifs is 1. The average Bonchev–Trinajstić information content (AvgIpc) is 2.74. The number of hydrogen-bond donors (Lipinski definition) is 1. The van der Waals surface area contributed by atoms with Crippen LogP contribution in [0.1, 0.15) is 47.1 Å². The molecule has 0 spiro atoms. The van der Waals surface area contributed by atoms with Crippen LogP contribution in [-0.4, -0.2) is 40.4 Å². The normalized spacial score (nSPS) is 14.1. The first-order valence-electron chi connectivity index (χ1n) is 7.45. The third kappa shape index (κ3) is 3.44. The lowest BCUT2D eigenvalue weighted by Crippen LogP contribution is -2.48.